The lowest BCUT2D eigenvalue weighted by molar-refractivity contribution is -0.137. The molecule has 0 aliphatic rings. The highest BCUT2D eigenvalue weighted by Gasteiger charge is 2.34. The molecule has 0 radical (unpaired) electrons. The SMILES string of the molecule is Cc1c(N)noc1-c1ccccc1C(F)(F)F. The number of benzene rings is 1. The Hall–Kier alpha value is -1.98. The molecule has 0 atom stereocenters. The molecule has 3 nitrogen and oxygen atoms in total. The van der Waals surface area contributed by atoms with Crippen LogP contribution in [0.1, 0.15) is 11.1 Å². The number of rotatable bonds is 1. The van der Waals surface area contributed by atoms with E-state index >= 15 is 0 Å². The summed E-state index contributed by atoms with van der Waals surface area (Å²) in [6, 6.07) is 5.15. The van der Waals surface area contributed by atoms with Gasteiger partial charge in [-0.1, -0.05) is 23.4 Å². The third-order valence-corrected chi connectivity index (χ3v) is 2.44. The average molecular weight is 242 g/mol. The van der Waals surface area contributed by atoms with Gasteiger partial charge in [0.15, 0.2) is 11.6 Å². The zero-order valence-corrected chi connectivity index (χ0v) is 8.88. The molecule has 0 unspecified atom stereocenters. The summed E-state index contributed by atoms with van der Waals surface area (Å²) >= 11 is 0. The van der Waals surface area contributed by atoms with Gasteiger partial charge in [0.05, 0.1) is 5.56 Å². The Morgan fingerprint density at radius 1 is 1.24 bits per heavy atom. The molecule has 1 aromatic heterocycles. The zero-order valence-electron chi connectivity index (χ0n) is 8.88. The van der Waals surface area contributed by atoms with Crippen LogP contribution < -0.4 is 5.73 Å². The molecule has 0 fully saturated rings. The van der Waals surface area contributed by atoms with Gasteiger partial charge in [-0.05, 0) is 13.0 Å². The van der Waals surface area contributed by atoms with Gasteiger partial charge in [0.2, 0.25) is 0 Å². The van der Waals surface area contributed by atoms with Crippen molar-refractivity contribution < 1.29 is 17.7 Å². The molecule has 2 N–H and O–H groups in total. The Kier molecular flexibility index (Phi) is 2.57. The normalized spacial score (nSPS) is 11.8. The maximum Gasteiger partial charge on any atom is 0.417 e. The summed E-state index contributed by atoms with van der Waals surface area (Å²) in [4.78, 5) is 0. The van der Waals surface area contributed by atoms with Gasteiger partial charge in [-0.25, -0.2) is 0 Å². The summed E-state index contributed by atoms with van der Waals surface area (Å²) in [6.45, 7) is 1.56. The van der Waals surface area contributed by atoms with Gasteiger partial charge in [-0.15, -0.1) is 0 Å². The van der Waals surface area contributed by atoms with E-state index in [1.807, 2.05) is 0 Å². The summed E-state index contributed by atoms with van der Waals surface area (Å²) in [5.41, 5.74) is 5.04. The number of aromatic nitrogens is 1. The van der Waals surface area contributed by atoms with Crippen molar-refractivity contribution in [1.82, 2.24) is 5.16 Å². The summed E-state index contributed by atoms with van der Waals surface area (Å²) in [6.07, 6.45) is -4.44. The minimum atomic E-state index is -4.44. The molecule has 2 aromatic rings. The first kappa shape index (κ1) is 11.5. The predicted octanol–water partition coefficient (Wildman–Crippen LogP) is 3.25. The molecule has 0 aliphatic carbocycles. The topological polar surface area (TPSA) is 52.0 Å². The van der Waals surface area contributed by atoms with Crippen LogP contribution in [0.3, 0.4) is 0 Å². The van der Waals surface area contributed by atoms with Crippen molar-refractivity contribution in [1.29, 1.82) is 0 Å². The summed E-state index contributed by atoms with van der Waals surface area (Å²) in [7, 11) is 0. The smallest absolute Gasteiger partial charge is 0.381 e. The maximum absolute atomic E-state index is 12.8. The zero-order chi connectivity index (χ0) is 12.6. The molecule has 0 bridgehead atoms. The Labute approximate surface area is 95.0 Å². The molecule has 0 saturated heterocycles. The number of nitrogens with two attached hydrogens (primary N) is 1. The average Bonchev–Trinajstić information content (AvgIpc) is 2.59. The number of alkyl halides is 3. The maximum atomic E-state index is 12.8. The quantitative estimate of drug-likeness (QED) is 0.835. The first-order chi connectivity index (χ1) is 7.91. The van der Waals surface area contributed by atoms with Crippen molar-refractivity contribution >= 4 is 5.82 Å². The van der Waals surface area contributed by atoms with Gasteiger partial charge >= 0.3 is 6.18 Å². The van der Waals surface area contributed by atoms with Crippen molar-refractivity contribution in [2.75, 3.05) is 5.73 Å². The summed E-state index contributed by atoms with van der Waals surface area (Å²) in [5, 5.41) is 3.45. The molecule has 0 saturated carbocycles. The van der Waals surface area contributed by atoms with E-state index in [4.69, 9.17) is 10.3 Å². The van der Waals surface area contributed by atoms with Crippen molar-refractivity contribution in [3.63, 3.8) is 0 Å². The minimum absolute atomic E-state index is 0.0513. The van der Waals surface area contributed by atoms with E-state index < -0.39 is 11.7 Å². The van der Waals surface area contributed by atoms with Gasteiger partial charge in [0.1, 0.15) is 0 Å². The van der Waals surface area contributed by atoms with Crippen LogP contribution in [-0.2, 0) is 6.18 Å². The highest BCUT2D eigenvalue weighted by molar-refractivity contribution is 5.69. The van der Waals surface area contributed by atoms with Crippen LogP contribution in [0.2, 0.25) is 0 Å². The molecular formula is C11H9F3N2O. The highest BCUT2D eigenvalue weighted by Crippen LogP contribution is 2.38. The molecule has 90 valence electrons. The second-order valence-corrected chi connectivity index (χ2v) is 3.57. The number of anilines is 1. The van der Waals surface area contributed by atoms with Crippen LogP contribution >= 0.6 is 0 Å². The molecule has 17 heavy (non-hydrogen) atoms. The van der Waals surface area contributed by atoms with Crippen LogP contribution in [0.15, 0.2) is 28.8 Å². The molecule has 0 spiro atoms. The number of hydrogen-bond donors (Lipinski definition) is 1. The summed E-state index contributed by atoms with van der Waals surface area (Å²) in [5.74, 6) is 0.146. The number of hydrogen-bond acceptors (Lipinski definition) is 3. The second kappa shape index (κ2) is 3.80. The summed E-state index contributed by atoms with van der Waals surface area (Å²) < 4.78 is 43.2. The fraction of sp³-hybridized carbons (Fsp3) is 0.182. The predicted molar refractivity (Wildman–Crippen MR) is 56.1 cm³/mol. The van der Waals surface area contributed by atoms with E-state index in [0.717, 1.165) is 6.07 Å². The van der Waals surface area contributed by atoms with Crippen LogP contribution in [-0.4, -0.2) is 5.16 Å². The van der Waals surface area contributed by atoms with Gasteiger partial charge in [-0.3, -0.25) is 0 Å². The Morgan fingerprint density at radius 2 is 1.88 bits per heavy atom. The number of halogens is 3. The molecule has 0 aliphatic heterocycles. The minimum Gasteiger partial charge on any atom is -0.381 e. The highest BCUT2D eigenvalue weighted by atomic mass is 19.4. The van der Waals surface area contributed by atoms with Gasteiger partial charge in [0, 0.05) is 11.1 Å². The van der Waals surface area contributed by atoms with Gasteiger partial charge in [0.25, 0.3) is 0 Å². The largest absolute Gasteiger partial charge is 0.417 e. The van der Waals surface area contributed by atoms with Crippen molar-refractivity contribution in [3.8, 4) is 11.3 Å². The van der Waals surface area contributed by atoms with Crippen LogP contribution in [0.25, 0.3) is 11.3 Å². The molecule has 1 aromatic carbocycles. The molecular weight excluding hydrogens is 233 g/mol. The lowest BCUT2D eigenvalue weighted by atomic mass is 10.0. The number of nitrogen functional groups attached to an aromatic ring is 1. The van der Waals surface area contributed by atoms with Crippen molar-refractivity contribution in [2.45, 2.75) is 13.1 Å². The van der Waals surface area contributed by atoms with Crippen LogP contribution in [0.4, 0.5) is 19.0 Å². The van der Waals surface area contributed by atoms with E-state index in [0.29, 0.717) is 5.56 Å². The van der Waals surface area contributed by atoms with Crippen molar-refractivity contribution in [2.24, 2.45) is 0 Å². The lowest BCUT2D eigenvalue weighted by Gasteiger charge is -2.10. The Balaban J connectivity index is 2.64. The number of nitrogens with zero attached hydrogens (tertiary/aromatic N) is 1. The third kappa shape index (κ3) is 1.98. The third-order valence-electron chi connectivity index (χ3n) is 2.44. The van der Waals surface area contributed by atoms with E-state index in [9.17, 15) is 13.2 Å². The first-order valence-electron chi connectivity index (χ1n) is 4.79. The van der Waals surface area contributed by atoms with E-state index in [1.165, 1.54) is 18.2 Å². The van der Waals surface area contributed by atoms with Gasteiger partial charge < -0.3 is 10.3 Å². The fourth-order valence-electron chi connectivity index (χ4n) is 1.53. The van der Waals surface area contributed by atoms with E-state index in [1.54, 1.807) is 6.92 Å². The Morgan fingerprint density at radius 3 is 2.41 bits per heavy atom. The van der Waals surface area contributed by atoms with E-state index in [2.05, 4.69) is 5.16 Å². The molecule has 0 amide bonds. The second-order valence-electron chi connectivity index (χ2n) is 3.57. The fourth-order valence-corrected chi connectivity index (χ4v) is 1.53. The van der Waals surface area contributed by atoms with Crippen molar-refractivity contribution in [3.05, 3.63) is 35.4 Å². The van der Waals surface area contributed by atoms with Gasteiger partial charge in [-0.2, -0.15) is 13.2 Å². The molecule has 6 heteroatoms. The molecule has 1 heterocycles. The lowest BCUT2D eigenvalue weighted by Crippen LogP contribution is -2.06. The first-order valence-corrected chi connectivity index (χ1v) is 4.79. The van der Waals surface area contributed by atoms with E-state index in [-0.39, 0.29) is 17.1 Å². The van der Waals surface area contributed by atoms with Crippen LogP contribution in [0.5, 0.6) is 0 Å². The van der Waals surface area contributed by atoms with Crippen LogP contribution in [0, 0.1) is 6.92 Å². The Bertz CT molecular complexity index is 546. The monoisotopic (exact) mass is 242 g/mol. The molecule has 2 rings (SSSR count). The standard InChI is InChI=1S/C11H9F3N2O/c1-6-9(17-16-10(6)15)7-4-2-3-5-8(7)11(12,13)14/h2-5H,1H3,(H2,15,16).